The molecule has 3 aromatic rings. The van der Waals surface area contributed by atoms with Crippen molar-refractivity contribution in [1.82, 2.24) is 20.1 Å². The number of fused-ring (bicyclic) bond motifs is 2. The van der Waals surface area contributed by atoms with Crippen molar-refractivity contribution < 1.29 is 4.79 Å². The molecule has 0 aliphatic heterocycles. The molecule has 2 heterocycles. The van der Waals surface area contributed by atoms with Crippen molar-refractivity contribution in [3.8, 4) is 0 Å². The van der Waals surface area contributed by atoms with Crippen molar-refractivity contribution in [3.63, 3.8) is 0 Å². The number of hydrogen-bond acceptors (Lipinski definition) is 3. The number of H-pyrrole nitrogens is 1. The molecule has 142 valence electrons. The predicted molar refractivity (Wildman–Crippen MR) is 106 cm³/mol. The Hall–Kier alpha value is -2.60. The zero-order valence-corrected chi connectivity index (χ0v) is 15.6. The summed E-state index contributed by atoms with van der Waals surface area (Å²) in [6.07, 6.45) is 8.56. The number of aryl methyl sites for hydroxylation is 2. The van der Waals surface area contributed by atoms with Crippen LogP contribution in [0.5, 0.6) is 0 Å². The van der Waals surface area contributed by atoms with Crippen LogP contribution in [0.15, 0.2) is 30.5 Å². The molecule has 0 atom stereocenters. The highest BCUT2D eigenvalue weighted by molar-refractivity contribution is 5.84. The molecule has 1 aromatic carbocycles. The van der Waals surface area contributed by atoms with Crippen molar-refractivity contribution >= 4 is 16.8 Å². The number of carbonyl (C=O) groups is 1. The van der Waals surface area contributed by atoms with Gasteiger partial charge >= 0.3 is 0 Å². The molecule has 0 fully saturated rings. The molecule has 1 aliphatic rings. The lowest BCUT2D eigenvalue weighted by molar-refractivity contribution is -0.118. The number of primary amides is 1. The van der Waals surface area contributed by atoms with E-state index in [1.807, 2.05) is 6.07 Å². The molecule has 1 amide bonds. The van der Waals surface area contributed by atoms with E-state index in [1.165, 1.54) is 41.5 Å². The van der Waals surface area contributed by atoms with E-state index in [1.54, 1.807) is 0 Å². The molecule has 0 unspecified atom stereocenters. The molecule has 6 heteroatoms. The van der Waals surface area contributed by atoms with E-state index in [0.717, 1.165) is 37.1 Å². The first-order valence-corrected chi connectivity index (χ1v) is 9.83. The van der Waals surface area contributed by atoms with Crippen LogP contribution < -0.4 is 11.1 Å². The lowest BCUT2D eigenvalue weighted by atomic mass is 10.1. The van der Waals surface area contributed by atoms with Gasteiger partial charge in [-0.25, -0.2) is 0 Å². The highest BCUT2D eigenvalue weighted by Crippen LogP contribution is 2.23. The number of nitrogens with one attached hydrogen (secondary N) is 2. The van der Waals surface area contributed by atoms with Gasteiger partial charge in [-0.2, -0.15) is 5.10 Å². The third-order valence-corrected chi connectivity index (χ3v) is 5.47. The Labute approximate surface area is 159 Å². The molecular formula is C21H27N5O. The van der Waals surface area contributed by atoms with Gasteiger partial charge in [-0.1, -0.05) is 24.6 Å². The minimum Gasteiger partial charge on any atom is -0.370 e. The molecule has 2 aromatic heterocycles. The second kappa shape index (κ2) is 7.96. The monoisotopic (exact) mass is 365 g/mol. The number of aromatic nitrogens is 3. The molecule has 0 saturated heterocycles. The average Bonchev–Trinajstić information content (AvgIpc) is 3.12. The average molecular weight is 365 g/mol. The number of benzene rings is 1. The van der Waals surface area contributed by atoms with E-state index in [0.29, 0.717) is 13.0 Å². The van der Waals surface area contributed by atoms with Gasteiger partial charge in [0.15, 0.2) is 0 Å². The molecule has 27 heavy (non-hydrogen) atoms. The van der Waals surface area contributed by atoms with E-state index in [9.17, 15) is 4.79 Å². The highest BCUT2D eigenvalue weighted by atomic mass is 16.1. The quantitative estimate of drug-likeness (QED) is 0.563. The van der Waals surface area contributed by atoms with Crippen LogP contribution >= 0.6 is 0 Å². The standard InChI is InChI=1S/C21H27N5O/c22-21(27)10-11-26-14-15(16-6-4-5-9-20(16)26)12-23-13-19-17-7-2-1-3-8-18(17)24-25-19/h4-6,9,14,23H,1-3,7-8,10-13H2,(H2,22,27)(H,24,25). The Bertz CT molecular complexity index is 939. The lowest BCUT2D eigenvalue weighted by Gasteiger charge is -2.05. The van der Waals surface area contributed by atoms with Gasteiger partial charge < -0.3 is 15.6 Å². The van der Waals surface area contributed by atoms with Gasteiger partial charge in [0.05, 0.1) is 5.69 Å². The van der Waals surface area contributed by atoms with Crippen LogP contribution in [0.25, 0.3) is 10.9 Å². The Kier molecular flexibility index (Phi) is 5.25. The fraction of sp³-hybridized carbons (Fsp3) is 0.429. The second-order valence-corrected chi connectivity index (χ2v) is 7.37. The van der Waals surface area contributed by atoms with Gasteiger partial charge in [-0.3, -0.25) is 9.89 Å². The Morgan fingerprint density at radius 1 is 1.19 bits per heavy atom. The third-order valence-electron chi connectivity index (χ3n) is 5.47. The van der Waals surface area contributed by atoms with E-state index >= 15 is 0 Å². The van der Waals surface area contributed by atoms with Crippen LogP contribution in [0, 0.1) is 0 Å². The third kappa shape index (κ3) is 3.90. The van der Waals surface area contributed by atoms with Crippen molar-refractivity contribution in [3.05, 3.63) is 53.0 Å². The Balaban J connectivity index is 1.46. The maximum atomic E-state index is 11.1. The van der Waals surface area contributed by atoms with Crippen LogP contribution in [-0.2, 0) is 37.3 Å². The number of para-hydroxylation sites is 1. The van der Waals surface area contributed by atoms with Gasteiger partial charge in [0.1, 0.15) is 0 Å². The van der Waals surface area contributed by atoms with Crippen LogP contribution in [0.4, 0.5) is 0 Å². The van der Waals surface area contributed by atoms with Crippen molar-refractivity contribution in [2.45, 2.75) is 58.2 Å². The molecular weight excluding hydrogens is 338 g/mol. The molecule has 0 radical (unpaired) electrons. The van der Waals surface area contributed by atoms with Crippen molar-refractivity contribution in [2.75, 3.05) is 0 Å². The summed E-state index contributed by atoms with van der Waals surface area (Å²) in [5, 5.41) is 12.6. The van der Waals surface area contributed by atoms with Gasteiger partial charge in [0.2, 0.25) is 5.91 Å². The van der Waals surface area contributed by atoms with Crippen LogP contribution in [0.2, 0.25) is 0 Å². The topological polar surface area (TPSA) is 88.7 Å². The Morgan fingerprint density at radius 3 is 2.93 bits per heavy atom. The number of carbonyl (C=O) groups excluding carboxylic acids is 1. The summed E-state index contributed by atoms with van der Waals surface area (Å²) >= 11 is 0. The minimum atomic E-state index is -0.272. The molecule has 0 saturated carbocycles. The number of nitrogens with two attached hydrogens (primary N) is 1. The SMILES string of the molecule is NC(=O)CCn1cc(CNCc2n[nH]c3c2CCCCC3)c2ccccc21. The number of amides is 1. The summed E-state index contributed by atoms with van der Waals surface area (Å²) in [5.74, 6) is -0.272. The number of nitrogens with zero attached hydrogens (tertiary/aromatic N) is 2. The van der Waals surface area contributed by atoms with E-state index < -0.39 is 0 Å². The number of rotatable bonds is 7. The van der Waals surface area contributed by atoms with Gasteiger partial charge in [-0.05, 0) is 42.9 Å². The van der Waals surface area contributed by atoms with E-state index in [2.05, 4.69) is 44.5 Å². The minimum absolute atomic E-state index is 0.272. The normalized spacial score (nSPS) is 14.2. The van der Waals surface area contributed by atoms with E-state index in [-0.39, 0.29) is 5.91 Å². The molecule has 0 spiro atoms. The molecule has 1 aliphatic carbocycles. The summed E-state index contributed by atoms with van der Waals surface area (Å²) in [5.41, 5.74) is 11.6. The van der Waals surface area contributed by atoms with Crippen LogP contribution in [0.1, 0.15) is 48.2 Å². The maximum Gasteiger partial charge on any atom is 0.219 e. The summed E-state index contributed by atoms with van der Waals surface area (Å²) in [6.45, 7) is 2.15. The van der Waals surface area contributed by atoms with Crippen LogP contribution in [-0.4, -0.2) is 20.7 Å². The van der Waals surface area contributed by atoms with Crippen LogP contribution in [0.3, 0.4) is 0 Å². The Morgan fingerprint density at radius 2 is 2.04 bits per heavy atom. The molecule has 6 nitrogen and oxygen atoms in total. The highest BCUT2D eigenvalue weighted by Gasteiger charge is 2.15. The van der Waals surface area contributed by atoms with Gasteiger partial charge in [0, 0.05) is 48.8 Å². The first-order chi connectivity index (χ1) is 13.2. The zero-order valence-electron chi connectivity index (χ0n) is 15.6. The summed E-state index contributed by atoms with van der Waals surface area (Å²) in [4.78, 5) is 11.1. The molecule has 0 bridgehead atoms. The fourth-order valence-electron chi connectivity index (χ4n) is 4.07. The zero-order chi connectivity index (χ0) is 18.6. The number of hydrogen-bond donors (Lipinski definition) is 3. The number of aromatic amines is 1. The van der Waals surface area contributed by atoms with Crippen molar-refractivity contribution in [1.29, 1.82) is 0 Å². The van der Waals surface area contributed by atoms with E-state index in [4.69, 9.17) is 5.73 Å². The van der Waals surface area contributed by atoms with Gasteiger partial charge in [0.25, 0.3) is 0 Å². The smallest absolute Gasteiger partial charge is 0.219 e. The fourth-order valence-corrected chi connectivity index (χ4v) is 4.07. The van der Waals surface area contributed by atoms with Crippen molar-refractivity contribution in [2.24, 2.45) is 5.73 Å². The largest absolute Gasteiger partial charge is 0.370 e. The summed E-state index contributed by atoms with van der Waals surface area (Å²) in [6, 6.07) is 8.30. The second-order valence-electron chi connectivity index (χ2n) is 7.37. The molecule has 4 N–H and O–H groups in total. The van der Waals surface area contributed by atoms with Gasteiger partial charge in [-0.15, -0.1) is 0 Å². The lowest BCUT2D eigenvalue weighted by Crippen LogP contribution is -2.14. The first-order valence-electron chi connectivity index (χ1n) is 9.83. The summed E-state index contributed by atoms with van der Waals surface area (Å²) < 4.78 is 2.12. The summed E-state index contributed by atoms with van der Waals surface area (Å²) in [7, 11) is 0. The molecule has 4 rings (SSSR count). The maximum absolute atomic E-state index is 11.1. The predicted octanol–water partition coefficient (Wildman–Crippen LogP) is 2.80. The first kappa shape index (κ1) is 17.8.